The van der Waals surface area contributed by atoms with Crippen molar-refractivity contribution in [1.82, 2.24) is 10.6 Å². The summed E-state index contributed by atoms with van der Waals surface area (Å²) in [7, 11) is 0. The van der Waals surface area contributed by atoms with Crippen molar-refractivity contribution in [3.05, 3.63) is 35.9 Å². The van der Waals surface area contributed by atoms with E-state index >= 15 is 0 Å². The number of carboxylic acid groups (broad SMARTS) is 1. The molecule has 0 heterocycles. The fourth-order valence-corrected chi connectivity index (χ4v) is 2.87. The number of carbonyl (C=O) groups excluding carboxylic acids is 2. The van der Waals surface area contributed by atoms with Gasteiger partial charge in [0.25, 0.3) is 0 Å². The molecule has 0 aliphatic heterocycles. The van der Waals surface area contributed by atoms with Gasteiger partial charge in [0.1, 0.15) is 12.1 Å². The second-order valence-corrected chi connectivity index (χ2v) is 7.19. The second-order valence-electron chi connectivity index (χ2n) is 6.83. The van der Waals surface area contributed by atoms with E-state index in [1.54, 1.807) is 0 Å². The minimum absolute atomic E-state index is 0.243. The predicted octanol–water partition coefficient (Wildman–Crippen LogP) is 1.90. The van der Waals surface area contributed by atoms with Crippen molar-refractivity contribution in [3.63, 3.8) is 0 Å². The van der Waals surface area contributed by atoms with Crippen LogP contribution in [-0.2, 0) is 20.8 Å². The molecule has 3 unspecified atom stereocenters. The molecule has 0 bridgehead atoms. The van der Waals surface area contributed by atoms with Crippen molar-refractivity contribution in [2.75, 3.05) is 5.75 Å². The zero-order valence-corrected chi connectivity index (χ0v) is 16.3. The molecular weight excluding hydrogens is 352 g/mol. The quantitative estimate of drug-likeness (QED) is 0.466. The third kappa shape index (κ3) is 7.47. The van der Waals surface area contributed by atoms with Crippen molar-refractivity contribution < 1.29 is 19.5 Å². The van der Waals surface area contributed by atoms with Gasteiger partial charge in [-0.15, -0.1) is 0 Å². The van der Waals surface area contributed by atoms with Crippen molar-refractivity contribution in [1.29, 1.82) is 0 Å². The highest BCUT2D eigenvalue weighted by Crippen LogP contribution is 2.14. The third-order valence-electron chi connectivity index (χ3n) is 3.99. The van der Waals surface area contributed by atoms with Crippen LogP contribution in [0.15, 0.2) is 30.3 Å². The van der Waals surface area contributed by atoms with E-state index in [0.29, 0.717) is 18.1 Å². The molecule has 0 radical (unpaired) electrons. The van der Waals surface area contributed by atoms with E-state index in [4.69, 9.17) is 5.11 Å². The molecule has 0 fully saturated rings. The van der Waals surface area contributed by atoms with E-state index < -0.39 is 24.0 Å². The number of aliphatic carboxylic acids is 1. The van der Waals surface area contributed by atoms with Crippen LogP contribution in [0.3, 0.4) is 0 Å². The number of hydrogen-bond acceptors (Lipinski definition) is 4. The summed E-state index contributed by atoms with van der Waals surface area (Å²) >= 11 is 4.25. The molecule has 1 aromatic rings. The Bertz CT molecular complexity index is 607. The topological polar surface area (TPSA) is 95.5 Å². The molecule has 0 saturated heterocycles. The Kier molecular flexibility index (Phi) is 9.19. The second kappa shape index (κ2) is 10.9. The van der Waals surface area contributed by atoms with Crippen LogP contribution >= 0.6 is 12.6 Å². The minimum atomic E-state index is -1.13. The van der Waals surface area contributed by atoms with Gasteiger partial charge >= 0.3 is 5.97 Å². The van der Waals surface area contributed by atoms with E-state index in [1.807, 2.05) is 44.2 Å². The van der Waals surface area contributed by atoms with E-state index in [9.17, 15) is 14.4 Å². The highest BCUT2D eigenvalue weighted by Gasteiger charge is 2.27. The monoisotopic (exact) mass is 380 g/mol. The predicted molar refractivity (Wildman–Crippen MR) is 104 cm³/mol. The van der Waals surface area contributed by atoms with Crippen LogP contribution in [-0.4, -0.2) is 40.7 Å². The molecule has 0 saturated carbocycles. The van der Waals surface area contributed by atoms with Crippen molar-refractivity contribution >= 4 is 30.4 Å². The van der Waals surface area contributed by atoms with Crippen LogP contribution < -0.4 is 10.6 Å². The van der Waals surface area contributed by atoms with Crippen LogP contribution in [0.4, 0.5) is 0 Å². The Morgan fingerprint density at radius 2 is 1.65 bits per heavy atom. The fraction of sp³-hybridized carbons (Fsp3) is 0.526. The molecule has 3 N–H and O–H groups in total. The maximum atomic E-state index is 12.6. The lowest BCUT2D eigenvalue weighted by Crippen LogP contribution is -2.53. The zero-order valence-electron chi connectivity index (χ0n) is 15.4. The highest BCUT2D eigenvalue weighted by molar-refractivity contribution is 7.80. The smallest absolute Gasteiger partial charge is 0.325 e. The minimum Gasteiger partial charge on any atom is -0.480 e. The van der Waals surface area contributed by atoms with Crippen LogP contribution in [0.25, 0.3) is 0 Å². The molecule has 1 rings (SSSR count). The molecule has 0 aliphatic carbocycles. The van der Waals surface area contributed by atoms with Gasteiger partial charge in [0.15, 0.2) is 0 Å². The maximum absolute atomic E-state index is 12.6. The molecule has 3 atom stereocenters. The molecule has 1 aromatic carbocycles. The molecule has 2 amide bonds. The van der Waals surface area contributed by atoms with Gasteiger partial charge in [-0.05, 0) is 24.8 Å². The lowest BCUT2D eigenvalue weighted by atomic mass is 9.97. The van der Waals surface area contributed by atoms with E-state index in [2.05, 4.69) is 23.3 Å². The summed E-state index contributed by atoms with van der Waals surface area (Å²) in [5, 5.41) is 14.2. The first-order valence-electron chi connectivity index (χ1n) is 8.72. The molecule has 26 heavy (non-hydrogen) atoms. The summed E-state index contributed by atoms with van der Waals surface area (Å²) in [5.74, 6) is -1.48. The lowest BCUT2D eigenvalue weighted by molar-refractivity contribution is -0.141. The van der Waals surface area contributed by atoms with E-state index in [1.165, 1.54) is 6.92 Å². The standard InChI is InChI=1S/C19H28N2O4S/c1-12(2)9-15(11-26)17(22)21-16(10-14-7-5-4-6-8-14)18(23)20-13(3)19(24)25/h4-8,12-13,15-16,26H,9-11H2,1-3H3,(H,20,23)(H,21,22)(H,24,25). The maximum Gasteiger partial charge on any atom is 0.325 e. The average Bonchev–Trinajstić information content (AvgIpc) is 2.59. The molecule has 0 aliphatic rings. The Balaban J connectivity index is 2.90. The summed E-state index contributed by atoms with van der Waals surface area (Å²) in [6.45, 7) is 5.43. The Morgan fingerprint density at radius 3 is 2.15 bits per heavy atom. The fourth-order valence-electron chi connectivity index (χ4n) is 2.56. The van der Waals surface area contributed by atoms with Crippen LogP contribution in [0.5, 0.6) is 0 Å². The first-order valence-corrected chi connectivity index (χ1v) is 9.36. The first kappa shape index (κ1) is 22.0. The van der Waals surface area contributed by atoms with Gasteiger partial charge in [-0.3, -0.25) is 14.4 Å². The number of carboxylic acids is 1. The van der Waals surface area contributed by atoms with Gasteiger partial charge in [0.2, 0.25) is 11.8 Å². The molecular formula is C19H28N2O4S. The van der Waals surface area contributed by atoms with Gasteiger partial charge in [-0.1, -0.05) is 44.2 Å². The summed E-state index contributed by atoms with van der Waals surface area (Å²) in [5.41, 5.74) is 0.877. The Morgan fingerprint density at radius 1 is 1.04 bits per heavy atom. The van der Waals surface area contributed by atoms with Gasteiger partial charge < -0.3 is 15.7 Å². The highest BCUT2D eigenvalue weighted by atomic mass is 32.1. The normalized spacial score (nSPS) is 14.3. The first-order chi connectivity index (χ1) is 12.2. The van der Waals surface area contributed by atoms with Crippen molar-refractivity contribution in [3.8, 4) is 0 Å². The number of thiol groups is 1. The summed E-state index contributed by atoms with van der Waals surface area (Å²) in [6.07, 6.45) is 0.951. The van der Waals surface area contributed by atoms with Crippen molar-refractivity contribution in [2.45, 2.75) is 45.7 Å². The molecule has 6 nitrogen and oxygen atoms in total. The largest absolute Gasteiger partial charge is 0.480 e. The third-order valence-corrected chi connectivity index (χ3v) is 4.43. The SMILES string of the molecule is CC(C)CC(CS)C(=O)NC(Cc1ccccc1)C(=O)NC(C)C(=O)O. The van der Waals surface area contributed by atoms with Crippen LogP contribution in [0, 0.1) is 11.8 Å². The number of nitrogens with one attached hydrogen (secondary N) is 2. The van der Waals surface area contributed by atoms with Crippen LogP contribution in [0.2, 0.25) is 0 Å². The number of hydrogen-bond donors (Lipinski definition) is 4. The van der Waals surface area contributed by atoms with Gasteiger partial charge in [-0.25, -0.2) is 0 Å². The number of rotatable bonds is 10. The zero-order chi connectivity index (χ0) is 19.7. The average molecular weight is 381 g/mol. The van der Waals surface area contributed by atoms with Gasteiger partial charge in [0.05, 0.1) is 0 Å². The number of amides is 2. The molecule has 7 heteroatoms. The van der Waals surface area contributed by atoms with Crippen LogP contribution in [0.1, 0.15) is 32.8 Å². The Hall–Kier alpha value is -2.02. The summed E-state index contributed by atoms with van der Waals surface area (Å²) in [4.78, 5) is 36.1. The Labute approximate surface area is 160 Å². The number of benzene rings is 1. The lowest BCUT2D eigenvalue weighted by Gasteiger charge is -2.23. The van der Waals surface area contributed by atoms with Gasteiger partial charge in [0, 0.05) is 18.1 Å². The van der Waals surface area contributed by atoms with E-state index in [0.717, 1.165) is 5.56 Å². The molecule has 0 aromatic heterocycles. The molecule has 144 valence electrons. The summed E-state index contributed by atoms with van der Waals surface area (Å²) < 4.78 is 0. The molecule has 0 spiro atoms. The summed E-state index contributed by atoms with van der Waals surface area (Å²) in [6, 6.07) is 7.40. The van der Waals surface area contributed by atoms with Crippen molar-refractivity contribution in [2.24, 2.45) is 11.8 Å². The van der Waals surface area contributed by atoms with Gasteiger partial charge in [-0.2, -0.15) is 12.6 Å². The van der Waals surface area contributed by atoms with E-state index in [-0.39, 0.29) is 18.2 Å². The number of carbonyl (C=O) groups is 3.